The van der Waals surface area contributed by atoms with Crippen LogP contribution in [0.4, 0.5) is 11.5 Å². The van der Waals surface area contributed by atoms with Crippen LogP contribution in [0.25, 0.3) is 11.0 Å². The molecule has 0 radical (unpaired) electrons. The Morgan fingerprint density at radius 2 is 2.14 bits per heavy atom. The van der Waals surface area contributed by atoms with E-state index >= 15 is 0 Å². The molecule has 0 aliphatic carbocycles. The lowest BCUT2D eigenvalue weighted by atomic mass is 10.2. The second kappa shape index (κ2) is 5.58. The molecule has 0 bridgehead atoms. The van der Waals surface area contributed by atoms with E-state index in [1.165, 1.54) is 19.5 Å². The number of aromatic nitrogens is 4. The van der Waals surface area contributed by atoms with Gasteiger partial charge in [-0.05, 0) is 12.1 Å². The molecule has 3 rings (SSSR count). The van der Waals surface area contributed by atoms with Gasteiger partial charge in [-0.2, -0.15) is 8.75 Å². The molecule has 2 heterocycles. The summed E-state index contributed by atoms with van der Waals surface area (Å²) >= 11 is 7.27. The molecule has 0 aliphatic rings. The van der Waals surface area contributed by atoms with Gasteiger partial charge in [0.1, 0.15) is 16.9 Å². The van der Waals surface area contributed by atoms with Crippen molar-refractivity contribution in [3.8, 4) is 0 Å². The number of halogens is 1. The van der Waals surface area contributed by atoms with Gasteiger partial charge in [-0.3, -0.25) is 0 Å². The Bertz CT molecular complexity index is 805. The smallest absolute Gasteiger partial charge is 0.358 e. The van der Waals surface area contributed by atoms with Gasteiger partial charge >= 0.3 is 5.97 Å². The topological polar surface area (TPSA) is 89.9 Å². The van der Waals surface area contributed by atoms with E-state index in [1.807, 2.05) is 0 Å². The highest BCUT2D eigenvalue weighted by molar-refractivity contribution is 7.00. The Labute approximate surface area is 128 Å². The number of carbonyl (C=O) groups is 1. The molecular formula is C12H8ClN5O2S. The zero-order valence-electron chi connectivity index (χ0n) is 10.7. The maximum absolute atomic E-state index is 11.3. The number of esters is 1. The third-order valence-electron chi connectivity index (χ3n) is 2.68. The summed E-state index contributed by atoms with van der Waals surface area (Å²) in [6, 6.07) is 3.52. The van der Waals surface area contributed by atoms with E-state index in [9.17, 15) is 4.79 Å². The maximum atomic E-state index is 11.3. The second-order valence-electron chi connectivity index (χ2n) is 3.96. The minimum Gasteiger partial charge on any atom is -0.464 e. The number of methoxy groups -OCH3 is 1. The van der Waals surface area contributed by atoms with E-state index in [0.717, 1.165) is 17.2 Å². The van der Waals surface area contributed by atoms with Gasteiger partial charge in [-0.15, -0.1) is 0 Å². The number of nitrogens with one attached hydrogen (secondary N) is 1. The first-order valence-electron chi connectivity index (χ1n) is 5.77. The third-order valence-corrected chi connectivity index (χ3v) is 3.53. The standard InChI is InChI=1S/C12H8ClN5O2S/c1-20-12(19)8-4-15-9(5-14-8)16-10-6(13)2-3-7-11(10)18-21-17-7/h2-5H,1H3,(H,15,16). The van der Waals surface area contributed by atoms with E-state index in [-0.39, 0.29) is 5.69 Å². The number of carbonyl (C=O) groups excluding carboxylic acids is 1. The first-order chi connectivity index (χ1) is 10.2. The fourth-order valence-electron chi connectivity index (χ4n) is 1.68. The van der Waals surface area contributed by atoms with Gasteiger partial charge in [0, 0.05) is 0 Å². The van der Waals surface area contributed by atoms with Crippen LogP contribution in [0.2, 0.25) is 5.02 Å². The largest absolute Gasteiger partial charge is 0.464 e. The summed E-state index contributed by atoms with van der Waals surface area (Å²) < 4.78 is 12.9. The van der Waals surface area contributed by atoms with Gasteiger partial charge in [0.25, 0.3) is 0 Å². The second-order valence-corrected chi connectivity index (χ2v) is 4.89. The summed E-state index contributed by atoms with van der Waals surface area (Å²) in [4.78, 5) is 19.4. The summed E-state index contributed by atoms with van der Waals surface area (Å²) in [7, 11) is 1.28. The van der Waals surface area contributed by atoms with Gasteiger partial charge in [0.15, 0.2) is 5.69 Å². The average Bonchev–Trinajstić information content (AvgIpc) is 2.99. The Kier molecular flexibility index (Phi) is 3.63. The normalized spacial score (nSPS) is 10.6. The van der Waals surface area contributed by atoms with Crippen LogP contribution in [-0.2, 0) is 4.74 Å². The van der Waals surface area contributed by atoms with Gasteiger partial charge in [-0.25, -0.2) is 14.8 Å². The van der Waals surface area contributed by atoms with Crippen molar-refractivity contribution >= 4 is 51.8 Å². The van der Waals surface area contributed by atoms with Crippen molar-refractivity contribution in [3.05, 3.63) is 35.2 Å². The number of rotatable bonds is 3. The van der Waals surface area contributed by atoms with Crippen molar-refractivity contribution in [2.24, 2.45) is 0 Å². The lowest BCUT2D eigenvalue weighted by molar-refractivity contribution is 0.0593. The van der Waals surface area contributed by atoms with Crippen molar-refractivity contribution in [3.63, 3.8) is 0 Å². The average molecular weight is 322 g/mol. The molecule has 3 aromatic rings. The van der Waals surface area contributed by atoms with Crippen LogP contribution in [0.5, 0.6) is 0 Å². The number of hydrogen-bond acceptors (Lipinski definition) is 8. The van der Waals surface area contributed by atoms with Crippen molar-refractivity contribution in [2.75, 3.05) is 12.4 Å². The highest BCUT2D eigenvalue weighted by Crippen LogP contribution is 2.31. The SMILES string of the molecule is COC(=O)c1cnc(Nc2c(Cl)ccc3nsnc23)cn1. The monoisotopic (exact) mass is 321 g/mol. The summed E-state index contributed by atoms with van der Waals surface area (Å²) in [5, 5.41) is 3.53. The van der Waals surface area contributed by atoms with Gasteiger partial charge in [0.2, 0.25) is 0 Å². The summed E-state index contributed by atoms with van der Waals surface area (Å²) in [6.45, 7) is 0. The molecule has 0 saturated heterocycles. The molecule has 0 spiro atoms. The van der Waals surface area contributed by atoms with E-state index in [2.05, 4.69) is 28.8 Å². The molecule has 1 aromatic carbocycles. The number of anilines is 2. The van der Waals surface area contributed by atoms with E-state index < -0.39 is 5.97 Å². The number of hydrogen-bond donors (Lipinski definition) is 1. The molecule has 0 fully saturated rings. The van der Waals surface area contributed by atoms with Crippen LogP contribution >= 0.6 is 23.3 Å². The molecule has 0 atom stereocenters. The van der Waals surface area contributed by atoms with Crippen LogP contribution in [-0.4, -0.2) is 31.8 Å². The van der Waals surface area contributed by atoms with Gasteiger partial charge in [-0.1, -0.05) is 11.6 Å². The highest BCUT2D eigenvalue weighted by Gasteiger charge is 2.12. The number of benzene rings is 1. The van der Waals surface area contributed by atoms with Crippen LogP contribution in [0, 0.1) is 0 Å². The van der Waals surface area contributed by atoms with Crippen molar-refractivity contribution in [1.29, 1.82) is 0 Å². The van der Waals surface area contributed by atoms with E-state index in [1.54, 1.807) is 12.1 Å². The fourth-order valence-corrected chi connectivity index (χ4v) is 2.42. The summed E-state index contributed by atoms with van der Waals surface area (Å²) in [5.41, 5.74) is 2.13. The summed E-state index contributed by atoms with van der Waals surface area (Å²) in [6.07, 6.45) is 2.74. The first-order valence-corrected chi connectivity index (χ1v) is 6.88. The van der Waals surface area contributed by atoms with Crippen LogP contribution < -0.4 is 5.32 Å². The first kappa shape index (κ1) is 13.7. The zero-order chi connectivity index (χ0) is 14.8. The molecular weight excluding hydrogens is 314 g/mol. The van der Waals surface area contributed by atoms with Crippen molar-refractivity contribution < 1.29 is 9.53 Å². The molecule has 0 unspecified atom stereocenters. The van der Waals surface area contributed by atoms with Gasteiger partial charge < -0.3 is 10.1 Å². The predicted octanol–water partition coefficient (Wildman–Crippen LogP) is 2.66. The van der Waals surface area contributed by atoms with Crippen molar-refractivity contribution in [2.45, 2.75) is 0 Å². The lowest BCUT2D eigenvalue weighted by Crippen LogP contribution is -2.06. The zero-order valence-corrected chi connectivity index (χ0v) is 12.3. The number of nitrogens with zero attached hydrogens (tertiary/aromatic N) is 4. The summed E-state index contributed by atoms with van der Waals surface area (Å²) in [5.74, 6) is -0.108. The fraction of sp³-hybridized carbons (Fsp3) is 0.0833. The molecule has 21 heavy (non-hydrogen) atoms. The minimum atomic E-state index is -0.544. The Morgan fingerprint density at radius 1 is 1.29 bits per heavy atom. The molecule has 9 heteroatoms. The molecule has 2 aromatic heterocycles. The Hall–Kier alpha value is -2.32. The van der Waals surface area contributed by atoms with Crippen LogP contribution in [0.15, 0.2) is 24.5 Å². The number of fused-ring (bicyclic) bond motifs is 1. The molecule has 0 aliphatic heterocycles. The molecule has 7 nitrogen and oxygen atoms in total. The molecule has 106 valence electrons. The van der Waals surface area contributed by atoms with E-state index in [4.69, 9.17) is 11.6 Å². The molecule has 0 amide bonds. The Balaban J connectivity index is 1.93. The highest BCUT2D eigenvalue weighted by atomic mass is 35.5. The van der Waals surface area contributed by atoms with Crippen molar-refractivity contribution in [1.82, 2.24) is 18.7 Å². The minimum absolute atomic E-state index is 0.127. The van der Waals surface area contributed by atoms with E-state index in [0.29, 0.717) is 22.0 Å². The molecule has 0 saturated carbocycles. The molecule has 1 N–H and O–H groups in total. The van der Waals surface area contributed by atoms with Crippen LogP contribution in [0.1, 0.15) is 10.5 Å². The quantitative estimate of drug-likeness (QED) is 0.741. The third kappa shape index (κ3) is 2.63. The maximum Gasteiger partial charge on any atom is 0.358 e. The predicted molar refractivity (Wildman–Crippen MR) is 79.1 cm³/mol. The number of ether oxygens (including phenoxy) is 1. The van der Waals surface area contributed by atoms with Gasteiger partial charge in [0.05, 0.1) is 41.9 Å². The van der Waals surface area contributed by atoms with Crippen LogP contribution in [0.3, 0.4) is 0 Å². The Morgan fingerprint density at radius 3 is 2.86 bits per heavy atom. The lowest BCUT2D eigenvalue weighted by Gasteiger charge is -2.07.